The highest BCUT2D eigenvalue weighted by molar-refractivity contribution is 5.85. The van der Waals surface area contributed by atoms with Gasteiger partial charge in [-0.3, -0.25) is 9.48 Å². The monoisotopic (exact) mass is 322 g/mol. The predicted octanol–water partition coefficient (Wildman–Crippen LogP) is 1.45. The molecule has 1 amide bonds. The number of nitrogens with zero attached hydrogens (tertiary/aromatic N) is 2. The Labute approximate surface area is 132 Å². The molecule has 0 saturated carbocycles. The fourth-order valence-electron chi connectivity index (χ4n) is 2.38. The van der Waals surface area contributed by atoms with Crippen LogP contribution in [0, 0.1) is 0 Å². The number of halogens is 2. The van der Waals surface area contributed by atoms with Gasteiger partial charge in [0.15, 0.2) is 0 Å². The number of hydrogen-bond acceptors (Lipinski definition) is 3. The van der Waals surface area contributed by atoms with Crippen LogP contribution in [0.4, 0.5) is 0 Å². The topological polar surface area (TPSA) is 58.9 Å². The summed E-state index contributed by atoms with van der Waals surface area (Å²) in [6.07, 6.45) is 7.28. The van der Waals surface area contributed by atoms with E-state index in [1.807, 2.05) is 19.4 Å². The number of aromatic nitrogens is 2. The lowest BCUT2D eigenvalue weighted by atomic mass is 9.99. The number of piperidine rings is 1. The smallest absolute Gasteiger partial charge is 0.220 e. The number of aryl methyl sites for hydroxylation is 2. The van der Waals surface area contributed by atoms with Crippen molar-refractivity contribution in [2.45, 2.75) is 44.7 Å². The van der Waals surface area contributed by atoms with Crippen molar-refractivity contribution in [1.29, 1.82) is 0 Å². The van der Waals surface area contributed by atoms with Gasteiger partial charge in [0.25, 0.3) is 0 Å². The van der Waals surface area contributed by atoms with Crippen LogP contribution >= 0.6 is 24.8 Å². The molecule has 2 unspecified atom stereocenters. The number of nitrogens with one attached hydrogen (secondary N) is 2. The fraction of sp³-hybridized carbons (Fsp3) is 0.692. The first-order valence-corrected chi connectivity index (χ1v) is 6.65. The minimum atomic E-state index is 0. The van der Waals surface area contributed by atoms with Crippen LogP contribution in [0.3, 0.4) is 0 Å². The van der Waals surface area contributed by atoms with Crippen LogP contribution in [-0.2, 0) is 18.3 Å². The zero-order valence-corrected chi connectivity index (χ0v) is 13.6. The van der Waals surface area contributed by atoms with Gasteiger partial charge in [-0.25, -0.2) is 0 Å². The molecule has 1 saturated heterocycles. The summed E-state index contributed by atoms with van der Waals surface area (Å²) >= 11 is 0. The van der Waals surface area contributed by atoms with Gasteiger partial charge in [0.05, 0.1) is 6.20 Å². The van der Waals surface area contributed by atoms with Crippen molar-refractivity contribution < 1.29 is 4.79 Å². The van der Waals surface area contributed by atoms with Crippen LogP contribution in [0.1, 0.15) is 31.7 Å². The Hall–Kier alpha value is -0.780. The first kappa shape index (κ1) is 19.2. The van der Waals surface area contributed by atoms with E-state index >= 15 is 0 Å². The van der Waals surface area contributed by atoms with Crippen LogP contribution in [-0.4, -0.2) is 34.3 Å². The normalized spacial score (nSPS) is 21.5. The molecule has 0 aromatic carbocycles. The standard InChI is InChI=1S/C13H22N4O.2ClH/c1-10-12(4-3-7-14-10)16-13(18)6-5-11-8-15-17(2)9-11;;/h8-10,12,14H,3-7H2,1-2H3,(H,16,18);2*1H. The second kappa shape index (κ2) is 9.21. The Morgan fingerprint density at radius 2 is 2.30 bits per heavy atom. The summed E-state index contributed by atoms with van der Waals surface area (Å²) < 4.78 is 1.76. The maximum absolute atomic E-state index is 11.9. The summed E-state index contributed by atoms with van der Waals surface area (Å²) in [5.41, 5.74) is 1.11. The maximum atomic E-state index is 11.9. The Kier molecular flexibility index (Phi) is 8.85. The third-order valence-corrected chi connectivity index (χ3v) is 3.51. The van der Waals surface area contributed by atoms with E-state index in [2.05, 4.69) is 22.7 Å². The molecule has 2 N–H and O–H groups in total. The molecule has 0 aliphatic carbocycles. The molecule has 20 heavy (non-hydrogen) atoms. The molecule has 1 aromatic rings. The van der Waals surface area contributed by atoms with Crippen molar-refractivity contribution in [3.63, 3.8) is 0 Å². The quantitative estimate of drug-likeness (QED) is 0.882. The van der Waals surface area contributed by atoms with Gasteiger partial charge in [0.1, 0.15) is 0 Å². The summed E-state index contributed by atoms with van der Waals surface area (Å²) in [5, 5.41) is 10.6. The molecule has 5 nitrogen and oxygen atoms in total. The van der Waals surface area contributed by atoms with E-state index in [-0.39, 0.29) is 36.8 Å². The third-order valence-electron chi connectivity index (χ3n) is 3.51. The summed E-state index contributed by atoms with van der Waals surface area (Å²) in [6, 6.07) is 0.654. The first-order valence-electron chi connectivity index (χ1n) is 6.65. The van der Waals surface area contributed by atoms with Gasteiger partial charge >= 0.3 is 0 Å². The summed E-state index contributed by atoms with van der Waals surface area (Å²) in [6.45, 7) is 3.19. The second-order valence-corrected chi connectivity index (χ2v) is 5.08. The Balaban J connectivity index is 0.00000180. The van der Waals surface area contributed by atoms with E-state index in [0.29, 0.717) is 12.5 Å². The summed E-state index contributed by atoms with van der Waals surface area (Å²) in [4.78, 5) is 11.9. The number of hydrogen-bond donors (Lipinski definition) is 2. The average molecular weight is 323 g/mol. The SMILES string of the molecule is CC1NCCCC1NC(=O)CCc1cnn(C)c1.Cl.Cl. The molecule has 0 spiro atoms. The molecule has 2 atom stereocenters. The minimum absolute atomic E-state index is 0. The number of carbonyl (C=O) groups is 1. The van der Waals surface area contributed by atoms with Gasteiger partial charge in [0.2, 0.25) is 5.91 Å². The number of amides is 1. The van der Waals surface area contributed by atoms with Gasteiger partial charge in [-0.2, -0.15) is 5.10 Å². The van der Waals surface area contributed by atoms with Crippen molar-refractivity contribution in [2.75, 3.05) is 6.54 Å². The zero-order valence-electron chi connectivity index (χ0n) is 12.0. The highest BCUT2D eigenvalue weighted by Crippen LogP contribution is 2.09. The number of rotatable bonds is 4. The second-order valence-electron chi connectivity index (χ2n) is 5.08. The summed E-state index contributed by atoms with van der Waals surface area (Å²) in [5.74, 6) is 0.138. The predicted molar refractivity (Wildman–Crippen MR) is 84.7 cm³/mol. The number of carbonyl (C=O) groups excluding carboxylic acids is 1. The molecule has 1 aliphatic rings. The van der Waals surface area contributed by atoms with Crippen LogP contribution < -0.4 is 10.6 Å². The lowest BCUT2D eigenvalue weighted by Gasteiger charge is -2.30. The van der Waals surface area contributed by atoms with Crippen LogP contribution in [0.25, 0.3) is 0 Å². The first-order chi connectivity index (χ1) is 8.65. The molecule has 2 heterocycles. The molecule has 116 valence electrons. The average Bonchev–Trinajstić information content (AvgIpc) is 2.76. The van der Waals surface area contributed by atoms with Crippen LogP contribution in [0.15, 0.2) is 12.4 Å². The maximum Gasteiger partial charge on any atom is 0.220 e. The molecule has 0 bridgehead atoms. The van der Waals surface area contributed by atoms with Gasteiger partial charge in [-0.1, -0.05) is 0 Å². The van der Waals surface area contributed by atoms with Crippen molar-refractivity contribution in [1.82, 2.24) is 20.4 Å². The van der Waals surface area contributed by atoms with Crippen LogP contribution in [0.5, 0.6) is 0 Å². The van der Waals surface area contributed by atoms with Crippen molar-refractivity contribution in [3.05, 3.63) is 18.0 Å². The van der Waals surface area contributed by atoms with E-state index in [4.69, 9.17) is 0 Å². The lowest BCUT2D eigenvalue weighted by Crippen LogP contribution is -2.51. The van der Waals surface area contributed by atoms with Gasteiger partial charge in [-0.15, -0.1) is 24.8 Å². The molecule has 0 radical (unpaired) electrons. The Bertz CT molecular complexity index is 411. The third kappa shape index (κ3) is 5.69. The van der Waals surface area contributed by atoms with Gasteiger partial charge < -0.3 is 10.6 Å². The van der Waals surface area contributed by atoms with Crippen molar-refractivity contribution in [3.8, 4) is 0 Å². The molecule has 1 aromatic heterocycles. The summed E-state index contributed by atoms with van der Waals surface area (Å²) in [7, 11) is 1.89. The van der Waals surface area contributed by atoms with Crippen molar-refractivity contribution >= 4 is 30.7 Å². The van der Waals surface area contributed by atoms with Gasteiger partial charge in [-0.05, 0) is 38.3 Å². The zero-order chi connectivity index (χ0) is 13.0. The van der Waals surface area contributed by atoms with E-state index in [0.717, 1.165) is 31.4 Å². The molecule has 7 heteroatoms. The highest BCUT2D eigenvalue weighted by Gasteiger charge is 2.21. The van der Waals surface area contributed by atoms with E-state index in [1.54, 1.807) is 4.68 Å². The lowest BCUT2D eigenvalue weighted by molar-refractivity contribution is -0.122. The Morgan fingerprint density at radius 1 is 1.55 bits per heavy atom. The fourth-order valence-corrected chi connectivity index (χ4v) is 2.38. The highest BCUT2D eigenvalue weighted by atomic mass is 35.5. The minimum Gasteiger partial charge on any atom is -0.352 e. The van der Waals surface area contributed by atoms with Crippen molar-refractivity contribution in [2.24, 2.45) is 7.05 Å². The molecular formula is C13H24Cl2N4O. The molecule has 2 rings (SSSR count). The van der Waals surface area contributed by atoms with E-state index in [9.17, 15) is 4.79 Å². The van der Waals surface area contributed by atoms with Crippen LogP contribution in [0.2, 0.25) is 0 Å². The molecule has 1 fully saturated rings. The van der Waals surface area contributed by atoms with E-state index in [1.165, 1.54) is 0 Å². The van der Waals surface area contributed by atoms with E-state index < -0.39 is 0 Å². The Morgan fingerprint density at radius 3 is 2.90 bits per heavy atom. The molecule has 1 aliphatic heterocycles. The van der Waals surface area contributed by atoms with Gasteiger partial charge in [0, 0.05) is 31.7 Å². The largest absolute Gasteiger partial charge is 0.352 e. The molecular weight excluding hydrogens is 299 g/mol.